The number of hydrogen-bond donors (Lipinski definition) is 5. The van der Waals surface area contributed by atoms with Crippen LogP contribution in [0, 0.1) is 11.6 Å². The Morgan fingerprint density at radius 2 is 1.61 bits per heavy atom. The zero-order valence-electron chi connectivity index (χ0n) is 19.5. The van der Waals surface area contributed by atoms with Crippen molar-refractivity contribution >= 4 is 23.2 Å². The van der Waals surface area contributed by atoms with E-state index in [9.17, 15) is 18.4 Å². The number of halogens is 2. The molecule has 5 N–H and O–H groups in total. The van der Waals surface area contributed by atoms with Crippen LogP contribution in [0.2, 0.25) is 0 Å². The molecule has 3 aromatic rings. The number of nitrogens with one attached hydrogen (secondary N) is 3. The lowest BCUT2D eigenvalue weighted by molar-refractivity contribution is -0.115. The van der Waals surface area contributed by atoms with Crippen LogP contribution in [-0.2, 0) is 4.79 Å². The fourth-order valence-electron chi connectivity index (χ4n) is 3.51. The first-order valence-electron chi connectivity index (χ1n) is 11.3. The summed E-state index contributed by atoms with van der Waals surface area (Å²) in [4.78, 5) is 26.2. The molecule has 4 rings (SSSR count). The Hall–Kier alpha value is -3.86. The van der Waals surface area contributed by atoms with Crippen molar-refractivity contribution in [2.24, 2.45) is 0 Å². The molecule has 0 unspecified atom stereocenters. The molecule has 1 heterocycles. The molecular formula is C26H28F2N4O4. The van der Waals surface area contributed by atoms with Crippen LogP contribution in [0.25, 0.3) is 0 Å². The average molecular weight is 499 g/mol. The van der Waals surface area contributed by atoms with Crippen LogP contribution >= 0.6 is 0 Å². The molecule has 190 valence electrons. The molecule has 0 saturated carbocycles. The van der Waals surface area contributed by atoms with Gasteiger partial charge in [-0.05, 0) is 30.3 Å². The number of carbonyl (C=O) groups is 2. The number of piperazine rings is 1. The fourth-order valence-corrected chi connectivity index (χ4v) is 3.51. The van der Waals surface area contributed by atoms with Crippen molar-refractivity contribution in [2.45, 2.75) is 6.29 Å². The van der Waals surface area contributed by atoms with Crippen LogP contribution in [0.4, 0.5) is 20.2 Å². The SMILES string of the molecule is O=C(CNC(=O)c1ccccc1F)Nc1cc(F)ccc1N1CCNCC1.OC(O)c1ccccc1. The lowest BCUT2D eigenvalue weighted by Gasteiger charge is -2.31. The van der Waals surface area contributed by atoms with Crippen LogP contribution in [0.3, 0.4) is 0 Å². The number of aliphatic hydroxyl groups is 2. The number of amides is 2. The standard InChI is InChI=1S/C19H20F2N4O2.C7H8O2/c20-13-5-6-17(25-9-7-22-8-10-25)16(11-13)24-18(26)12-23-19(27)14-3-1-2-4-15(14)21;8-7(9)6-4-2-1-3-5-6/h1-6,11,22H,7-10,12H2,(H,23,27)(H,24,26);1-5,7-9H. The molecule has 1 aliphatic rings. The maximum Gasteiger partial charge on any atom is 0.254 e. The Morgan fingerprint density at radius 1 is 0.944 bits per heavy atom. The van der Waals surface area contributed by atoms with Gasteiger partial charge in [0.25, 0.3) is 5.91 Å². The maximum absolute atomic E-state index is 13.7. The minimum atomic E-state index is -1.34. The van der Waals surface area contributed by atoms with Gasteiger partial charge in [0.2, 0.25) is 5.91 Å². The lowest BCUT2D eigenvalue weighted by Crippen LogP contribution is -2.44. The molecule has 1 fully saturated rings. The summed E-state index contributed by atoms with van der Waals surface area (Å²) in [6, 6.07) is 18.4. The topological polar surface area (TPSA) is 114 Å². The second-order valence-corrected chi connectivity index (χ2v) is 7.89. The maximum atomic E-state index is 13.7. The van der Waals surface area contributed by atoms with Gasteiger partial charge in [0.1, 0.15) is 11.6 Å². The van der Waals surface area contributed by atoms with Gasteiger partial charge in [0.05, 0.1) is 23.5 Å². The van der Waals surface area contributed by atoms with Crippen LogP contribution in [0.1, 0.15) is 22.2 Å². The van der Waals surface area contributed by atoms with E-state index in [1.165, 1.54) is 36.4 Å². The lowest BCUT2D eigenvalue weighted by atomic mass is 10.2. The smallest absolute Gasteiger partial charge is 0.254 e. The Morgan fingerprint density at radius 3 is 2.25 bits per heavy atom. The van der Waals surface area contributed by atoms with Crippen LogP contribution < -0.4 is 20.9 Å². The van der Waals surface area contributed by atoms with Crippen molar-refractivity contribution in [3.63, 3.8) is 0 Å². The highest BCUT2D eigenvalue weighted by Gasteiger charge is 2.17. The van der Waals surface area contributed by atoms with Gasteiger partial charge in [-0.2, -0.15) is 0 Å². The molecule has 0 atom stereocenters. The molecule has 0 spiro atoms. The zero-order chi connectivity index (χ0) is 25.9. The number of nitrogens with zero attached hydrogens (tertiary/aromatic N) is 1. The molecule has 8 nitrogen and oxygen atoms in total. The summed E-state index contributed by atoms with van der Waals surface area (Å²) in [5.74, 6) is -2.35. The number of hydrogen-bond acceptors (Lipinski definition) is 6. The second-order valence-electron chi connectivity index (χ2n) is 7.89. The largest absolute Gasteiger partial charge is 0.367 e. The quantitative estimate of drug-likeness (QED) is 0.334. The molecule has 36 heavy (non-hydrogen) atoms. The van der Waals surface area contributed by atoms with Crippen LogP contribution in [-0.4, -0.2) is 54.8 Å². The van der Waals surface area contributed by atoms with Crippen molar-refractivity contribution < 1.29 is 28.6 Å². The predicted molar refractivity (Wildman–Crippen MR) is 132 cm³/mol. The molecule has 1 aliphatic heterocycles. The monoisotopic (exact) mass is 498 g/mol. The summed E-state index contributed by atoms with van der Waals surface area (Å²) < 4.78 is 27.3. The number of benzene rings is 3. The Labute approximate surface area is 207 Å². The van der Waals surface area contributed by atoms with Crippen LogP contribution in [0.5, 0.6) is 0 Å². The Balaban J connectivity index is 0.000000338. The fraction of sp³-hybridized carbons (Fsp3) is 0.231. The second kappa shape index (κ2) is 13.3. The van der Waals surface area contributed by atoms with Crippen molar-refractivity contribution in [3.05, 3.63) is 95.6 Å². The van der Waals surface area contributed by atoms with Crippen molar-refractivity contribution in [1.29, 1.82) is 0 Å². The normalized spacial score (nSPS) is 13.0. The molecule has 0 aromatic heterocycles. The molecule has 10 heteroatoms. The third kappa shape index (κ3) is 7.84. The molecular weight excluding hydrogens is 470 g/mol. The molecule has 2 amide bonds. The number of anilines is 2. The van der Waals surface area contributed by atoms with Gasteiger partial charge in [-0.1, -0.05) is 42.5 Å². The van der Waals surface area contributed by atoms with E-state index in [1.807, 2.05) is 11.0 Å². The molecule has 0 aliphatic carbocycles. The van der Waals surface area contributed by atoms with Crippen LogP contribution in [0.15, 0.2) is 72.8 Å². The van der Waals surface area contributed by atoms with E-state index < -0.39 is 29.7 Å². The predicted octanol–water partition coefficient (Wildman–Crippen LogP) is 2.41. The average Bonchev–Trinajstić information content (AvgIpc) is 2.89. The van der Waals surface area contributed by atoms with Gasteiger partial charge in [0, 0.05) is 31.7 Å². The number of carbonyl (C=O) groups excluding carboxylic acids is 2. The summed E-state index contributed by atoms with van der Waals surface area (Å²) in [6.45, 7) is 2.70. The van der Waals surface area contributed by atoms with E-state index in [0.717, 1.165) is 26.2 Å². The van der Waals surface area contributed by atoms with Gasteiger partial charge in [-0.15, -0.1) is 0 Å². The highest BCUT2D eigenvalue weighted by molar-refractivity contribution is 6.00. The minimum Gasteiger partial charge on any atom is -0.367 e. The third-order valence-electron chi connectivity index (χ3n) is 5.32. The van der Waals surface area contributed by atoms with E-state index in [-0.39, 0.29) is 12.1 Å². The van der Waals surface area contributed by atoms with E-state index >= 15 is 0 Å². The third-order valence-corrected chi connectivity index (χ3v) is 5.32. The Kier molecular flexibility index (Phi) is 9.87. The zero-order valence-corrected chi connectivity index (χ0v) is 19.5. The van der Waals surface area contributed by atoms with Crippen molar-refractivity contribution in [2.75, 3.05) is 42.9 Å². The van der Waals surface area contributed by atoms with Gasteiger partial charge in [-0.3, -0.25) is 9.59 Å². The number of rotatable bonds is 6. The van der Waals surface area contributed by atoms with Crippen molar-refractivity contribution in [1.82, 2.24) is 10.6 Å². The summed E-state index contributed by atoms with van der Waals surface area (Å²) in [5, 5.41) is 25.4. The highest BCUT2D eigenvalue weighted by atomic mass is 19.1. The minimum absolute atomic E-state index is 0.141. The van der Waals surface area contributed by atoms with Gasteiger partial charge >= 0.3 is 0 Å². The number of aliphatic hydroxyl groups excluding tert-OH is 1. The summed E-state index contributed by atoms with van der Waals surface area (Å²) >= 11 is 0. The molecule has 1 saturated heterocycles. The summed E-state index contributed by atoms with van der Waals surface area (Å²) in [6.07, 6.45) is -1.34. The van der Waals surface area contributed by atoms with Gasteiger partial charge in [0.15, 0.2) is 6.29 Å². The van der Waals surface area contributed by atoms with E-state index in [1.54, 1.807) is 30.3 Å². The van der Waals surface area contributed by atoms with E-state index in [4.69, 9.17) is 10.2 Å². The Bertz CT molecular complexity index is 1160. The first kappa shape index (κ1) is 26.7. The summed E-state index contributed by atoms with van der Waals surface area (Å²) in [7, 11) is 0. The van der Waals surface area contributed by atoms with Gasteiger partial charge < -0.3 is 31.1 Å². The molecule has 3 aromatic carbocycles. The van der Waals surface area contributed by atoms with Crippen molar-refractivity contribution in [3.8, 4) is 0 Å². The summed E-state index contributed by atoms with van der Waals surface area (Å²) in [5.41, 5.74) is 1.43. The molecule has 0 bridgehead atoms. The molecule has 0 radical (unpaired) electrons. The van der Waals surface area contributed by atoms with E-state index in [0.29, 0.717) is 16.9 Å². The highest BCUT2D eigenvalue weighted by Crippen LogP contribution is 2.27. The van der Waals surface area contributed by atoms with E-state index in [2.05, 4.69) is 16.0 Å². The first-order valence-corrected chi connectivity index (χ1v) is 11.3. The first-order chi connectivity index (χ1) is 17.3. The van der Waals surface area contributed by atoms with Gasteiger partial charge in [-0.25, -0.2) is 8.78 Å².